The van der Waals surface area contributed by atoms with Crippen molar-refractivity contribution in [1.82, 2.24) is 5.32 Å². The van der Waals surface area contributed by atoms with Crippen LogP contribution in [0.4, 0.5) is 8.78 Å². The Kier molecular flexibility index (Phi) is 4.30. The summed E-state index contributed by atoms with van der Waals surface area (Å²) < 4.78 is 33.4. The first-order valence-electron chi connectivity index (χ1n) is 4.43. The van der Waals surface area contributed by atoms with Crippen LogP contribution in [0.25, 0.3) is 0 Å². The van der Waals surface area contributed by atoms with Crippen LogP contribution in [0.3, 0.4) is 0 Å². The summed E-state index contributed by atoms with van der Waals surface area (Å²) in [6.07, 6.45) is 0. The van der Waals surface area contributed by atoms with E-state index in [1.807, 2.05) is 0 Å². The maximum atomic E-state index is 12.1. The molecule has 0 unspecified atom stereocenters. The van der Waals surface area contributed by atoms with Gasteiger partial charge in [0.2, 0.25) is 0 Å². The van der Waals surface area contributed by atoms with Gasteiger partial charge < -0.3 is 14.8 Å². The molecule has 0 radical (unpaired) electrons. The van der Waals surface area contributed by atoms with Gasteiger partial charge in [0.1, 0.15) is 0 Å². The van der Waals surface area contributed by atoms with E-state index in [1.54, 1.807) is 19.2 Å². The highest BCUT2D eigenvalue weighted by Crippen LogP contribution is 2.29. The second-order valence-corrected chi connectivity index (χ2v) is 2.89. The van der Waals surface area contributed by atoms with Crippen LogP contribution in [0.1, 0.15) is 5.56 Å². The molecule has 1 N–H and O–H groups in total. The molecule has 1 aromatic rings. The van der Waals surface area contributed by atoms with Crippen LogP contribution in [0.5, 0.6) is 11.5 Å². The topological polar surface area (TPSA) is 30.5 Å². The molecule has 0 amide bonds. The van der Waals surface area contributed by atoms with E-state index in [0.717, 1.165) is 5.56 Å². The van der Waals surface area contributed by atoms with Gasteiger partial charge in [-0.2, -0.15) is 8.78 Å². The number of hydrogen-bond donors (Lipinski definition) is 1. The third kappa shape index (κ3) is 3.36. The molecule has 0 spiro atoms. The number of alkyl halides is 2. The minimum Gasteiger partial charge on any atom is -0.493 e. The molecule has 5 heteroatoms. The summed E-state index contributed by atoms with van der Waals surface area (Å²) in [5, 5.41) is 2.92. The fourth-order valence-electron chi connectivity index (χ4n) is 1.22. The van der Waals surface area contributed by atoms with Crippen molar-refractivity contribution in [2.75, 3.05) is 14.2 Å². The summed E-state index contributed by atoms with van der Waals surface area (Å²) in [7, 11) is 3.18. The van der Waals surface area contributed by atoms with Gasteiger partial charge in [0.05, 0.1) is 7.11 Å². The highest BCUT2D eigenvalue weighted by Gasteiger charge is 2.10. The average Bonchev–Trinajstić information content (AvgIpc) is 2.18. The third-order valence-corrected chi connectivity index (χ3v) is 1.82. The lowest BCUT2D eigenvalue weighted by molar-refractivity contribution is -0.0512. The first-order valence-corrected chi connectivity index (χ1v) is 4.43. The molecular formula is C10H13F2NO2. The molecule has 84 valence electrons. The minimum absolute atomic E-state index is 0.0558. The largest absolute Gasteiger partial charge is 0.493 e. The quantitative estimate of drug-likeness (QED) is 0.818. The van der Waals surface area contributed by atoms with E-state index in [0.29, 0.717) is 12.3 Å². The minimum atomic E-state index is -2.84. The highest BCUT2D eigenvalue weighted by atomic mass is 19.3. The molecule has 0 aliphatic heterocycles. The van der Waals surface area contributed by atoms with Gasteiger partial charge in [-0.05, 0) is 24.7 Å². The van der Waals surface area contributed by atoms with Crippen LogP contribution in [-0.4, -0.2) is 20.8 Å². The molecule has 0 aliphatic rings. The number of rotatable bonds is 5. The molecule has 0 fully saturated rings. The number of nitrogens with one attached hydrogen (secondary N) is 1. The summed E-state index contributed by atoms with van der Waals surface area (Å²) in [5.74, 6) is 0.357. The molecule has 15 heavy (non-hydrogen) atoms. The van der Waals surface area contributed by atoms with Crippen LogP contribution in [0.2, 0.25) is 0 Å². The van der Waals surface area contributed by atoms with Crippen molar-refractivity contribution >= 4 is 0 Å². The van der Waals surface area contributed by atoms with Crippen molar-refractivity contribution in [3.05, 3.63) is 23.8 Å². The van der Waals surface area contributed by atoms with Crippen LogP contribution >= 0.6 is 0 Å². The third-order valence-electron chi connectivity index (χ3n) is 1.82. The van der Waals surface area contributed by atoms with Crippen molar-refractivity contribution in [2.24, 2.45) is 0 Å². The van der Waals surface area contributed by atoms with Gasteiger partial charge in [-0.15, -0.1) is 0 Å². The van der Waals surface area contributed by atoms with E-state index in [1.165, 1.54) is 13.2 Å². The molecule has 0 bridgehead atoms. The second kappa shape index (κ2) is 5.50. The predicted octanol–water partition coefficient (Wildman–Crippen LogP) is 2.02. The molecule has 0 aromatic heterocycles. The summed E-state index contributed by atoms with van der Waals surface area (Å²) in [6, 6.07) is 4.92. The van der Waals surface area contributed by atoms with Gasteiger partial charge in [-0.1, -0.05) is 6.07 Å². The van der Waals surface area contributed by atoms with E-state index in [9.17, 15) is 8.78 Å². The molecule has 1 aromatic carbocycles. The predicted molar refractivity (Wildman–Crippen MR) is 52.4 cm³/mol. The summed E-state index contributed by atoms with van der Waals surface area (Å²) in [6.45, 7) is -2.26. The maximum absolute atomic E-state index is 12.1. The van der Waals surface area contributed by atoms with Crippen LogP contribution in [0.15, 0.2) is 18.2 Å². The molecular weight excluding hydrogens is 204 g/mol. The smallest absolute Gasteiger partial charge is 0.387 e. The van der Waals surface area contributed by atoms with Crippen molar-refractivity contribution in [3.8, 4) is 11.5 Å². The Morgan fingerprint density at radius 1 is 1.33 bits per heavy atom. The van der Waals surface area contributed by atoms with Gasteiger partial charge in [-0.3, -0.25) is 0 Å². The Balaban J connectivity index is 2.91. The first-order chi connectivity index (χ1) is 7.17. The lowest BCUT2D eigenvalue weighted by Gasteiger charge is -2.11. The number of ether oxygens (including phenoxy) is 2. The van der Waals surface area contributed by atoms with E-state index < -0.39 is 6.61 Å². The number of benzene rings is 1. The molecule has 0 heterocycles. The zero-order chi connectivity index (χ0) is 11.3. The molecule has 3 nitrogen and oxygen atoms in total. The summed E-state index contributed by atoms with van der Waals surface area (Å²) in [4.78, 5) is 0. The fourth-order valence-corrected chi connectivity index (χ4v) is 1.22. The van der Waals surface area contributed by atoms with E-state index in [4.69, 9.17) is 4.74 Å². The zero-order valence-corrected chi connectivity index (χ0v) is 8.59. The summed E-state index contributed by atoms with van der Waals surface area (Å²) in [5.41, 5.74) is 0.856. The molecule has 0 saturated carbocycles. The second-order valence-electron chi connectivity index (χ2n) is 2.89. The number of methoxy groups -OCH3 is 1. The monoisotopic (exact) mass is 217 g/mol. The van der Waals surface area contributed by atoms with Gasteiger partial charge in [-0.25, -0.2) is 0 Å². The van der Waals surface area contributed by atoms with Crippen molar-refractivity contribution in [1.29, 1.82) is 0 Å². The molecule has 0 atom stereocenters. The SMILES string of the molecule is CNCc1ccc(OC)c(OC(F)F)c1. The molecule has 0 saturated heterocycles. The van der Waals surface area contributed by atoms with Gasteiger partial charge in [0, 0.05) is 6.54 Å². The number of halogens is 2. The van der Waals surface area contributed by atoms with Crippen molar-refractivity contribution < 1.29 is 18.3 Å². The van der Waals surface area contributed by atoms with Crippen LogP contribution in [-0.2, 0) is 6.54 Å². The first kappa shape index (κ1) is 11.7. The van der Waals surface area contributed by atoms with E-state index >= 15 is 0 Å². The highest BCUT2D eigenvalue weighted by molar-refractivity contribution is 5.42. The van der Waals surface area contributed by atoms with Gasteiger partial charge in [0.25, 0.3) is 0 Å². The van der Waals surface area contributed by atoms with E-state index in [-0.39, 0.29) is 5.75 Å². The molecule has 0 aliphatic carbocycles. The Labute approximate surface area is 87.0 Å². The zero-order valence-electron chi connectivity index (χ0n) is 8.59. The average molecular weight is 217 g/mol. The summed E-state index contributed by atoms with van der Waals surface area (Å²) >= 11 is 0. The van der Waals surface area contributed by atoms with Crippen LogP contribution in [0, 0.1) is 0 Å². The molecule has 1 rings (SSSR count). The van der Waals surface area contributed by atoms with Crippen molar-refractivity contribution in [3.63, 3.8) is 0 Å². The number of hydrogen-bond acceptors (Lipinski definition) is 3. The van der Waals surface area contributed by atoms with Crippen LogP contribution < -0.4 is 14.8 Å². The van der Waals surface area contributed by atoms with E-state index in [2.05, 4.69) is 10.1 Å². The Hall–Kier alpha value is -1.36. The maximum Gasteiger partial charge on any atom is 0.387 e. The fraction of sp³-hybridized carbons (Fsp3) is 0.400. The Bertz CT molecular complexity index is 318. The normalized spacial score (nSPS) is 10.5. The van der Waals surface area contributed by atoms with Crippen molar-refractivity contribution in [2.45, 2.75) is 13.2 Å². The van der Waals surface area contributed by atoms with Gasteiger partial charge >= 0.3 is 6.61 Å². The van der Waals surface area contributed by atoms with Gasteiger partial charge in [0.15, 0.2) is 11.5 Å². The lowest BCUT2D eigenvalue weighted by atomic mass is 10.2. The standard InChI is InChI=1S/C10H13F2NO2/c1-13-6-7-3-4-8(14-2)9(5-7)15-10(11)12/h3-5,10,13H,6H2,1-2H3. The Morgan fingerprint density at radius 3 is 2.60 bits per heavy atom. The Morgan fingerprint density at radius 2 is 2.07 bits per heavy atom. The lowest BCUT2D eigenvalue weighted by Crippen LogP contribution is -2.07.